The second-order valence-electron chi connectivity index (χ2n) is 5.72. The van der Waals surface area contributed by atoms with Crippen molar-refractivity contribution in [3.05, 3.63) is 25.3 Å². The third kappa shape index (κ3) is 10.2. The summed E-state index contributed by atoms with van der Waals surface area (Å²) in [5, 5.41) is 5.67. The Balaban J connectivity index is 3.98. The maximum atomic E-state index is 11.2. The van der Waals surface area contributed by atoms with Crippen LogP contribution in [0.5, 0.6) is 0 Å². The average molecular weight is 356 g/mol. The van der Waals surface area contributed by atoms with E-state index in [0.29, 0.717) is 0 Å². The summed E-state index contributed by atoms with van der Waals surface area (Å²) in [6.07, 6.45) is 4.70. The summed E-state index contributed by atoms with van der Waals surface area (Å²) < 4.78 is 3.95. The van der Waals surface area contributed by atoms with E-state index in [1.54, 1.807) is 0 Å². The van der Waals surface area contributed by atoms with Crippen LogP contribution in [0.4, 0.5) is 0 Å². The second-order valence-corrected chi connectivity index (χ2v) is 12.8. The summed E-state index contributed by atoms with van der Waals surface area (Å²) in [5.74, 6) is -0.179. The first-order valence-electron chi connectivity index (χ1n) is 8.59. The first kappa shape index (κ1) is 21.8. The van der Waals surface area contributed by atoms with Gasteiger partial charge in [-0.3, -0.25) is 9.59 Å². The van der Waals surface area contributed by atoms with Crippen LogP contribution in [-0.4, -0.2) is 42.8 Å². The predicted octanol–water partition coefficient (Wildman–Crippen LogP) is 1.45. The van der Waals surface area contributed by atoms with E-state index in [9.17, 15) is 9.59 Å². The lowest BCUT2D eigenvalue weighted by molar-refractivity contribution is -0.117. The van der Waals surface area contributed by atoms with Crippen molar-refractivity contribution in [1.29, 1.82) is 0 Å². The Morgan fingerprint density at radius 2 is 1.52 bits per heavy atom. The van der Waals surface area contributed by atoms with E-state index < -0.39 is 8.24 Å². The van der Waals surface area contributed by atoms with E-state index in [1.165, 1.54) is 36.3 Å². The first-order valence-corrected chi connectivity index (χ1v) is 12.9. The minimum Gasteiger partial charge on any atom is -0.364 e. The van der Waals surface area contributed by atoms with Crippen molar-refractivity contribution in [2.45, 2.75) is 50.9 Å². The molecule has 3 N–H and O–H groups in total. The number of hydrogen-bond acceptors (Lipinski definition) is 3. The van der Waals surface area contributed by atoms with Crippen LogP contribution in [0.15, 0.2) is 25.3 Å². The number of carbonyl (C=O) groups is 2. The molecule has 0 bridgehead atoms. The number of hydrogen-bond donors (Lipinski definition) is 3. The van der Waals surface area contributed by atoms with Crippen molar-refractivity contribution < 1.29 is 9.59 Å². The molecule has 0 fully saturated rings. The fourth-order valence-electron chi connectivity index (χ4n) is 2.54. The standard InChI is InChI=1S/C16H33N3O2Si2/c1-5-15(20)17-11-9-13-22-19-23(7-3,8-4)14-10-12-18-16(21)6-2/h5-6,19H,1-2,7-14,22H2,3-4H3,(H,17,20)(H,18,21). The van der Waals surface area contributed by atoms with Crippen LogP contribution in [0.3, 0.4) is 0 Å². The Hall–Kier alpha value is -1.19. The van der Waals surface area contributed by atoms with Crippen LogP contribution in [0.2, 0.25) is 24.2 Å². The maximum Gasteiger partial charge on any atom is 0.243 e. The Bertz CT molecular complexity index is 386. The SMILES string of the molecule is C=CC(=O)NCCC[SiH2]N[Si](CC)(CC)CCCNC(=O)C=C. The van der Waals surface area contributed by atoms with Gasteiger partial charge in [0.25, 0.3) is 0 Å². The van der Waals surface area contributed by atoms with Crippen LogP contribution in [0.1, 0.15) is 26.7 Å². The second kappa shape index (κ2) is 13.3. The lowest BCUT2D eigenvalue weighted by Gasteiger charge is -2.31. The van der Waals surface area contributed by atoms with Crippen LogP contribution in [0, 0.1) is 0 Å². The summed E-state index contributed by atoms with van der Waals surface area (Å²) >= 11 is 0. The number of amides is 2. The predicted molar refractivity (Wildman–Crippen MR) is 104 cm³/mol. The minimum atomic E-state index is -1.38. The molecule has 0 aliphatic heterocycles. The van der Waals surface area contributed by atoms with Crippen molar-refractivity contribution in [3.8, 4) is 0 Å². The van der Waals surface area contributed by atoms with Crippen LogP contribution >= 0.6 is 0 Å². The molecule has 0 aliphatic carbocycles. The molecule has 0 rings (SSSR count). The number of rotatable bonds is 14. The molecule has 0 aromatic heterocycles. The summed E-state index contributed by atoms with van der Waals surface area (Å²) in [6, 6.07) is 4.87. The average Bonchev–Trinajstić information content (AvgIpc) is 2.59. The van der Waals surface area contributed by atoms with E-state index in [1.807, 2.05) is 0 Å². The van der Waals surface area contributed by atoms with Gasteiger partial charge in [0.15, 0.2) is 0 Å². The summed E-state index contributed by atoms with van der Waals surface area (Å²) in [6.45, 7) is 12.9. The molecule has 7 heteroatoms. The maximum absolute atomic E-state index is 11.2. The summed E-state index contributed by atoms with van der Waals surface area (Å²) in [5.41, 5.74) is 0. The molecule has 2 amide bonds. The highest BCUT2D eigenvalue weighted by atomic mass is 28.4. The van der Waals surface area contributed by atoms with Gasteiger partial charge in [-0.1, -0.05) is 27.0 Å². The van der Waals surface area contributed by atoms with Crippen molar-refractivity contribution in [2.24, 2.45) is 0 Å². The van der Waals surface area contributed by atoms with Gasteiger partial charge in [0.2, 0.25) is 11.8 Å². The van der Waals surface area contributed by atoms with Gasteiger partial charge in [-0.15, -0.1) is 0 Å². The molecule has 0 saturated carbocycles. The third-order valence-corrected chi connectivity index (χ3v) is 13.1. The molecule has 0 heterocycles. The zero-order chi connectivity index (χ0) is 17.6. The highest BCUT2D eigenvalue weighted by Crippen LogP contribution is 2.18. The number of nitrogens with one attached hydrogen (secondary N) is 3. The fraction of sp³-hybridized carbons (Fsp3) is 0.625. The van der Waals surface area contributed by atoms with E-state index in [-0.39, 0.29) is 21.5 Å². The Kier molecular flexibility index (Phi) is 12.6. The Morgan fingerprint density at radius 1 is 1.00 bits per heavy atom. The fourth-order valence-corrected chi connectivity index (χ4v) is 10.6. The van der Waals surface area contributed by atoms with Gasteiger partial charge in [0.1, 0.15) is 8.24 Å². The van der Waals surface area contributed by atoms with Crippen LogP contribution < -0.4 is 15.3 Å². The van der Waals surface area contributed by atoms with Gasteiger partial charge < -0.3 is 15.3 Å². The van der Waals surface area contributed by atoms with Gasteiger partial charge >= 0.3 is 0 Å². The molecule has 0 aromatic rings. The molecule has 0 saturated heterocycles. The van der Waals surface area contributed by atoms with E-state index >= 15 is 0 Å². The lowest BCUT2D eigenvalue weighted by Crippen LogP contribution is -2.51. The number of carbonyl (C=O) groups excluding carboxylic acids is 2. The molecular formula is C16H33N3O2Si2. The molecule has 0 radical (unpaired) electrons. The first-order chi connectivity index (χ1) is 11.0. The molecular weight excluding hydrogens is 322 g/mol. The van der Waals surface area contributed by atoms with Gasteiger partial charge in [-0.2, -0.15) is 0 Å². The summed E-state index contributed by atoms with van der Waals surface area (Å²) in [7, 11) is -1.67. The highest BCUT2D eigenvalue weighted by molar-refractivity contribution is 6.82. The van der Waals surface area contributed by atoms with Crippen molar-refractivity contribution in [3.63, 3.8) is 0 Å². The van der Waals surface area contributed by atoms with Gasteiger partial charge in [-0.05, 0) is 49.2 Å². The molecule has 0 spiro atoms. The molecule has 23 heavy (non-hydrogen) atoms. The van der Waals surface area contributed by atoms with Gasteiger partial charge in [-0.25, -0.2) is 0 Å². The lowest BCUT2D eigenvalue weighted by atomic mass is 10.4. The Labute approximate surface area is 144 Å². The molecule has 0 aromatic carbocycles. The van der Waals surface area contributed by atoms with E-state index in [0.717, 1.165) is 25.9 Å². The van der Waals surface area contributed by atoms with E-state index in [4.69, 9.17) is 0 Å². The highest BCUT2D eigenvalue weighted by Gasteiger charge is 2.27. The molecule has 5 nitrogen and oxygen atoms in total. The minimum absolute atomic E-state index is 0.0887. The zero-order valence-corrected chi connectivity index (χ0v) is 17.2. The quantitative estimate of drug-likeness (QED) is 0.251. The molecule has 132 valence electrons. The topological polar surface area (TPSA) is 70.2 Å². The van der Waals surface area contributed by atoms with Crippen LogP contribution in [-0.2, 0) is 9.59 Å². The molecule has 0 aliphatic rings. The van der Waals surface area contributed by atoms with Gasteiger partial charge in [0.05, 0.1) is 9.68 Å². The van der Waals surface area contributed by atoms with Crippen molar-refractivity contribution >= 4 is 29.7 Å². The van der Waals surface area contributed by atoms with Crippen molar-refractivity contribution in [1.82, 2.24) is 15.3 Å². The summed E-state index contributed by atoms with van der Waals surface area (Å²) in [4.78, 5) is 22.2. The monoisotopic (exact) mass is 355 g/mol. The zero-order valence-electron chi connectivity index (χ0n) is 14.7. The van der Waals surface area contributed by atoms with Gasteiger partial charge in [0, 0.05) is 13.1 Å². The van der Waals surface area contributed by atoms with Crippen LogP contribution in [0.25, 0.3) is 0 Å². The smallest absolute Gasteiger partial charge is 0.243 e. The third-order valence-electron chi connectivity index (χ3n) is 4.26. The Morgan fingerprint density at radius 3 is 2.00 bits per heavy atom. The molecule has 0 unspecified atom stereocenters. The van der Waals surface area contributed by atoms with Crippen molar-refractivity contribution in [2.75, 3.05) is 13.1 Å². The van der Waals surface area contributed by atoms with E-state index in [2.05, 4.69) is 42.3 Å². The largest absolute Gasteiger partial charge is 0.364 e. The molecule has 0 atom stereocenters. The normalized spacial score (nSPS) is 11.4.